The van der Waals surface area contributed by atoms with Crippen molar-refractivity contribution in [1.82, 2.24) is 5.32 Å². The first-order valence-corrected chi connectivity index (χ1v) is 6.44. The van der Waals surface area contributed by atoms with Crippen molar-refractivity contribution in [2.75, 3.05) is 18.5 Å². The molecule has 0 aromatic heterocycles. The van der Waals surface area contributed by atoms with Crippen LogP contribution in [0.3, 0.4) is 0 Å². The highest BCUT2D eigenvalue weighted by Crippen LogP contribution is 2.12. The van der Waals surface area contributed by atoms with Crippen molar-refractivity contribution < 1.29 is 9.53 Å². The summed E-state index contributed by atoms with van der Waals surface area (Å²) < 4.78 is 5.47. The second-order valence-electron chi connectivity index (χ2n) is 4.70. The van der Waals surface area contributed by atoms with Gasteiger partial charge in [-0.3, -0.25) is 4.79 Å². The Morgan fingerprint density at radius 3 is 2.89 bits per heavy atom. The predicted molar refractivity (Wildman–Crippen MR) is 71.5 cm³/mol. The SMILES string of the molecule is CC1CC(NCC(=O)Nc2ccccc2)CCO1. The molecule has 98 valence electrons. The molecule has 2 N–H and O–H groups in total. The molecule has 1 heterocycles. The van der Waals surface area contributed by atoms with Crippen LogP contribution in [0.5, 0.6) is 0 Å². The molecule has 1 amide bonds. The summed E-state index contributed by atoms with van der Waals surface area (Å²) in [6.45, 7) is 3.20. The van der Waals surface area contributed by atoms with E-state index in [2.05, 4.69) is 17.6 Å². The van der Waals surface area contributed by atoms with Crippen molar-refractivity contribution in [2.45, 2.75) is 31.9 Å². The van der Waals surface area contributed by atoms with Gasteiger partial charge in [-0.05, 0) is 31.9 Å². The smallest absolute Gasteiger partial charge is 0.238 e. The molecule has 0 spiro atoms. The number of rotatable bonds is 4. The van der Waals surface area contributed by atoms with E-state index >= 15 is 0 Å². The van der Waals surface area contributed by atoms with Crippen molar-refractivity contribution in [2.24, 2.45) is 0 Å². The molecule has 18 heavy (non-hydrogen) atoms. The zero-order valence-corrected chi connectivity index (χ0v) is 10.7. The van der Waals surface area contributed by atoms with Gasteiger partial charge in [0.1, 0.15) is 0 Å². The number of amides is 1. The Labute approximate surface area is 108 Å². The summed E-state index contributed by atoms with van der Waals surface area (Å²) in [6.07, 6.45) is 2.23. The number of carbonyl (C=O) groups is 1. The van der Waals surface area contributed by atoms with E-state index in [9.17, 15) is 4.79 Å². The standard InChI is InChI=1S/C14H20N2O2/c1-11-9-13(7-8-18-11)15-10-14(17)16-12-5-3-2-4-6-12/h2-6,11,13,15H,7-10H2,1H3,(H,16,17). The number of hydrogen-bond acceptors (Lipinski definition) is 3. The summed E-state index contributed by atoms with van der Waals surface area (Å²) in [7, 11) is 0. The van der Waals surface area contributed by atoms with E-state index in [-0.39, 0.29) is 12.0 Å². The Kier molecular flexibility index (Phi) is 4.73. The first kappa shape index (κ1) is 13.1. The first-order valence-electron chi connectivity index (χ1n) is 6.44. The van der Waals surface area contributed by atoms with Gasteiger partial charge in [-0.1, -0.05) is 18.2 Å². The lowest BCUT2D eigenvalue weighted by Crippen LogP contribution is -2.41. The highest BCUT2D eigenvalue weighted by molar-refractivity contribution is 5.92. The van der Waals surface area contributed by atoms with E-state index < -0.39 is 0 Å². The molecule has 1 fully saturated rings. The third-order valence-corrected chi connectivity index (χ3v) is 3.09. The minimum atomic E-state index is 0.000319. The maximum Gasteiger partial charge on any atom is 0.238 e. The number of benzene rings is 1. The molecule has 1 aromatic carbocycles. The molecule has 4 heteroatoms. The van der Waals surface area contributed by atoms with Crippen LogP contribution >= 0.6 is 0 Å². The molecule has 1 aliphatic rings. The van der Waals surface area contributed by atoms with Crippen LogP contribution in [0.25, 0.3) is 0 Å². The second-order valence-corrected chi connectivity index (χ2v) is 4.70. The normalized spacial score (nSPS) is 23.6. The molecule has 0 bridgehead atoms. The summed E-state index contributed by atoms with van der Waals surface area (Å²) in [5, 5.41) is 6.14. The zero-order valence-electron chi connectivity index (χ0n) is 10.7. The van der Waals surface area contributed by atoms with E-state index in [1.165, 1.54) is 0 Å². The van der Waals surface area contributed by atoms with Crippen molar-refractivity contribution in [3.05, 3.63) is 30.3 Å². The summed E-state index contributed by atoms with van der Waals surface area (Å²) in [4.78, 5) is 11.7. The fourth-order valence-corrected chi connectivity index (χ4v) is 2.15. The maximum absolute atomic E-state index is 11.7. The van der Waals surface area contributed by atoms with Gasteiger partial charge in [0, 0.05) is 18.3 Å². The Balaban J connectivity index is 1.71. The minimum absolute atomic E-state index is 0.000319. The van der Waals surface area contributed by atoms with Gasteiger partial charge in [0.2, 0.25) is 5.91 Å². The lowest BCUT2D eigenvalue weighted by Gasteiger charge is -2.27. The number of nitrogens with one attached hydrogen (secondary N) is 2. The second kappa shape index (κ2) is 6.52. The van der Waals surface area contributed by atoms with E-state index in [1.807, 2.05) is 30.3 Å². The molecule has 0 saturated carbocycles. The number of hydrogen-bond donors (Lipinski definition) is 2. The molecule has 1 aromatic rings. The van der Waals surface area contributed by atoms with Crippen LogP contribution in [-0.2, 0) is 9.53 Å². The molecule has 2 rings (SSSR count). The number of anilines is 1. The van der Waals surface area contributed by atoms with Gasteiger partial charge in [-0.15, -0.1) is 0 Å². The molecule has 1 saturated heterocycles. The Hall–Kier alpha value is -1.39. The van der Waals surface area contributed by atoms with Crippen LogP contribution in [0.1, 0.15) is 19.8 Å². The van der Waals surface area contributed by atoms with Crippen LogP contribution in [0.2, 0.25) is 0 Å². The van der Waals surface area contributed by atoms with E-state index in [0.29, 0.717) is 12.6 Å². The van der Waals surface area contributed by atoms with Gasteiger partial charge >= 0.3 is 0 Å². The predicted octanol–water partition coefficient (Wildman–Crippen LogP) is 1.78. The van der Waals surface area contributed by atoms with Crippen molar-refractivity contribution in [3.63, 3.8) is 0 Å². The lowest BCUT2D eigenvalue weighted by molar-refractivity contribution is -0.115. The number of carbonyl (C=O) groups excluding carboxylic acids is 1. The fraction of sp³-hybridized carbons (Fsp3) is 0.500. The third kappa shape index (κ3) is 4.13. The quantitative estimate of drug-likeness (QED) is 0.854. The van der Waals surface area contributed by atoms with Crippen molar-refractivity contribution in [3.8, 4) is 0 Å². The molecule has 4 nitrogen and oxygen atoms in total. The molecule has 2 atom stereocenters. The molecular formula is C14H20N2O2. The van der Waals surface area contributed by atoms with E-state index in [1.54, 1.807) is 0 Å². The monoisotopic (exact) mass is 248 g/mol. The summed E-state index contributed by atoms with van der Waals surface area (Å²) in [5.41, 5.74) is 0.838. The van der Waals surface area contributed by atoms with Crippen molar-refractivity contribution in [1.29, 1.82) is 0 Å². The Morgan fingerprint density at radius 1 is 1.39 bits per heavy atom. The highest BCUT2D eigenvalue weighted by Gasteiger charge is 2.19. The molecular weight excluding hydrogens is 228 g/mol. The maximum atomic E-state index is 11.7. The van der Waals surface area contributed by atoms with Gasteiger partial charge in [-0.2, -0.15) is 0 Å². The molecule has 1 aliphatic heterocycles. The van der Waals surface area contributed by atoms with E-state index in [4.69, 9.17) is 4.74 Å². The average Bonchev–Trinajstić information content (AvgIpc) is 2.38. The van der Waals surface area contributed by atoms with E-state index in [0.717, 1.165) is 25.1 Å². The summed E-state index contributed by atoms with van der Waals surface area (Å²) in [6, 6.07) is 9.89. The topological polar surface area (TPSA) is 50.4 Å². The van der Waals surface area contributed by atoms with Gasteiger partial charge in [0.25, 0.3) is 0 Å². The van der Waals surface area contributed by atoms with Crippen LogP contribution in [0.4, 0.5) is 5.69 Å². The molecule has 0 radical (unpaired) electrons. The highest BCUT2D eigenvalue weighted by atomic mass is 16.5. The van der Waals surface area contributed by atoms with Gasteiger partial charge in [-0.25, -0.2) is 0 Å². The molecule has 0 aliphatic carbocycles. The molecule has 2 unspecified atom stereocenters. The van der Waals surface area contributed by atoms with Gasteiger partial charge < -0.3 is 15.4 Å². The average molecular weight is 248 g/mol. The Bertz CT molecular complexity index is 381. The minimum Gasteiger partial charge on any atom is -0.378 e. The third-order valence-electron chi connectivity index (χ3n) is 3.09. The van der Waals surface area contributed by atoms with Crippen LogP contribution in [0.15, 0.2) is 30.3 Å². The number of ether oxygens (including phenoxy) is 1. The fourth-order valence-electron chi connectivity index (χ4n) is 2.15. The number of para-hydroxylation sites is 1. The summed E-state index contributed by atoms with van der Waals surface area (Å²) in [5.74, 6) is 0.000319. The van der Waals surface area contributed by atoms with Crippen LogP contribution in [0, 0.1) is 0 Å². The van der Waals surface area contributed by atoms with Gasteiger partial charge in [0.15, 0.2) is 0 Å². The van der Waals surface area contributed by atoms with Crippen molar-refractivity contribution >= 4 is 11.6 Å². The zero-order chi connectivity index (χ0) is 12.8. The largest absolute Gasteiger partial charge is 0.378 e. The Morgan fingerprint density at radius 2 is 2.17 bits per heavy atom. The van der Waals surface area contributed by atoms with Crippen LogP contribution in [-0.4, -0.2) is 31.2 Å². The first-order chi connectivity index (χ1) is 8.74. The van der Waals surface area contributed by atoms with Gasteiger partial charge in [0.05, 0.1) is 12.6 Å². The summed E-state index contributed by atoms with van der Waals surface area (Å²) >= 11 is 0. The lowest BCUT2D eigenvalue weighted by atomic mass is 10.0. The van der Waals surface area contributed by atoms with Crippen LogP contribution < -0.4 is 10.6 Å².